The van der Waals surface area contributed by atoms with Crippen LogP contribution in [0.4, 0.5) is 16.3 Å². The summed E-state index contributed by atoms with van der Waals surface area (Å²) >= 11 is 0. The van der Waals surface area contributed by atoms with E-state index < -0.39 is 10.8 Å². The van der Waals surface area contributed by atoms with Gasteiger partial charge in [-0.3, -0.25) is 9.53 Å². The second-order valence-corrected chi connectivity index (χ2v) is 12.3. The van der Waals surface area contributed by atoms with Gasteiger partial charge in [0, 0.05) is 44.6 Å². The zero-order valence-electron chi connectivity index (χ0n) is 20.7. The van der Waals surface area contributed by atoms with Gasteiger partial charge in [0.05, 0.1) is 24.0 Å². The number of amides is 2. The lowest BCUT2D eigenvalue weighted by molar-refractivity contribution is 0.262. The van der Waals surface area contributed by atoms with E-state index in [-0.39, 0.29) is 11.4 Å². The summed E-state index contributed by atoms with van der Waals surface area (Å²) in [6, 6.07) is 13.8. The molecule has 1 aliphatic carbocycles. The van der Waals surface area contributed by atoms with Crippen molar-refractivity contribution in [3.05, 3.63) is 48.2 Å². The highest BCUT2D eigenvalue weighted by Crippen LogP contribution is 2.38. The van der Waals surface area contributed by atoms with Gasteiger partial charge in [0.2, 0.25) is 0 Å². The summed E-state index contributed by atoms with van der Waals surface area (Å²) in [7, 11) is -0.658. The van der Waals surface area contributed by atoms with Crippen LogP contribution in [0, 0.1) is 5.92 Å². The van der Waals surface area contributed by atoms with E-state index in [1.165, 1.54) is 0 Å². The number of urea groups is 1. The first-order valence-corrected chi connectivity index (χ1v) is 13.9. The molecular weight excluding hydrogens is 460 g/mol. The summed E-state index contributed by atoms with van der Waals surface area (Å²) in [5, 5.41) is 12.7. The Bertz CT molecular complexity index is 1260. The van der Waals surface area contributed by atoms with Crippen molar-refractivity contribution in [1.29, 1.82) is 0 Å². The number of carbonyl (C=O) groups is 1. The maximum absolute atomic E-state index is 13.0. The molecule has 0 bridgehead atoms. The van der Waals surface area contributed by atoms with Crippen LogP contribution in [0.3, 0.4) is 0 Å². The van der Waals surface area contributed by atoms with Crippen LogP contribution in [0.15, 0.2) is 42.5 Å². The Balaban J connectivity index is 1.29. The number of hydrogen-bond donors (Lipinski definition) is 2. The maximum Gasteiger partial charge on any atom is 0.324 e. The molecule has 2 fully saturated rings. The SMILES string of the molecule is CC(C)(C)c1cc(NC(=O)Nc2ccc(OCCC3CCS(=O)C3)c3ccccc23)n(C2CC2)n1. The second kappa shape index (κ2) is 9.64. The zero-order valence-corrected chi connectivity index (χ0v) is 21.5. The van der Waals surface area contributed by atoms with E-state index in [1.54, 1.807) is 0 Å². The van der Waals surface area contributed by atoms with Gasteiger partial charge in [-0.25, -0.2) is 9.48 Å². The normalized spacial score (nSPS) is 20.2. The third kappa shape index (κ3) is 5.53. The average Bonchev–Trinajstić information content (AvgIpc) is 3.43. The summed E-state index contributed by atoms with van der Waals surface area (Å²) in [5.74, 6) is 3.61. The largest absolute Gasteiger partial charge is 0.493 e. The van der Waals surface area contributed by atoms with Crippen molar-refractivity contribution in [2.45, 2.75) is 57.9 Å². The minimum absolute atomic E-state index is 0.0894. The molecule has 0 radical (unpaired) electrons. The lowest BCUT2D eigenvalue weighted by Crippen LogP contribution is -2.21. The van der Waals surface area contributed by atoms with E-state index in [9.17, 15) is 9.00 Å². The first-order chi connectivity index (χ1) is 16.8. The number of nitrogens with zero attached hydrogens (tertiary/aromatic N) is 2. The van der Waals surface area contributed by atoms with Gasteiger partial charge in [0.15, 0.2) is 0 Å². The molecule has 5 rings (SSSR count). The summed E-state index contributed by atoms with van der Waals surface area (Å²) in [6.07, 6.45) is 4.11. The number of carbonyl (C=O) groups excluding carboxylic acids is 1. The molecule has 1 aromatic heterocycles. The van der Waals surface area contributed by atoms with Crippen molar-refractivity contribution in [3.63, 3.8) is 0 Å². The molecule has 2 aromatic carbocycles. The highest BCUT2D eigenvalue weighted by atomic mass is 32.2. The van der Waals surface area contributed by atoms with Crippen molar-refractivity contribution in [2.24, 2.45) is 5.92 Å². The second-order valence-electron chi connectivity index (χ2n) is 10.7. The molecule has 186 valence electrons. The van der Waals surface area contributed by atoms with Gasteiger partial charge in [-0.2, -0.15) is 5.10 Å². The first kappa shape index (κ1) is 23.9. The Morgan fingerprint density at radius 2 is 1.89 bits per heavy atom. The van der Waals surface area contributed by atoms with Gasteiger partial charge in [0.25, 0.3) is 0 Å². The van der Waals surface area contributed by atoms with E-state index in [0.29, 0.717) is 18.6 Å². The molecular formula is C27H34N4O3S. The number of nitrogens with one attached hydrogen (secondary N) is 2. The van der Waals surface area contributed by atoms with Crippen molar-refractivity contribution < 1.29 is 13.7 Å². The standard InChI is InChI=1S/C27H34N4O3S/c1-27(2,3)24-16-25(31(30-24)19-8-9-19)29-26(32)28-22-10-11-23(21-7-5-4-6-20(21)22)34-14-12-18-13-15-35(33)17-18/h4-7,10-11,16,18-19H,8-9,12-15,17H2,1-3H3,(H2,28,29,32). The predicted octanol–water partition coefficient (Wildman–Crippen LogP) is 5.85. The quantitative estimate of drug-likeness (QED) is 0.431. The summed E-state index contributed by atoms with van der Waals surface area (Å²) in [4.78, 5) is 13.0. The smallest absolute Gasteiger partial charge is 0.324 e. The number of rotatable bonds is 7. The van der Waals surface area contributed by atoms with E-state index in [4.69, 9.17) is 9.84 Å². The van der Waals surface area contributed by atoms with Gasteiger partial charge in [-0.1, -0.05) is 45.0 Å². The predicted molar refractivity (Wildman–Crippen MR) is 142 cm³/mol. The Morgan fingerprint density at radius 1 is 1.11 bits per heavy atom. The fraction of sp³-hybridized carbons (Fsp3) is 0.481. The molecule has 2 N–H and O–H groups in total. The van der Waals surface area contributed by atoms with Gasteiger partial charge in [-0.05, 0) is 43.7 Å². The zero-order chi connectivity index (χ0) is 24.6. The van der Waals surface area contributed by atoms with Crippen molar-refractivity contribution in [1.82, 2.24) is 9.78 Å². The van der Waals surface area contributed by atoms with Crippen molar-refractivity contribution in [2.75, 3.05) is 28.7 Å². The van der Waals surface area contributed by atoms with Crippen LogP contribution in [0.1, 0.15) is 58.2 Å². The van der Waals surface area contributed by atoms with Crippen molar-refractivity contribution >= 4 is 39.1 Å². The molecule has 0 spiro atoms. The molecule has 1 aliphatic heterocycles. The van der Waals surface area contributed by atoms with Gasteiger partial charge in [0.1, 0.15) is 11.6 Å². The number of aromatic nitrogens is 2. The fourth-order valence-corrected chi connectivity index (χ4v) is 6.14. The van der Waals surface area contributed by atoms with Crippen LogP contribution < -0.4 is 15.4 Å². The first-order valence-electron chi connectivity index (χ1n) is 12.5. The molecule has 35 heavy (non-hydrogen) atoms. The van der Waals surface area contributed by atoms with E-state index in [2.05, 4.69) is 31.4 Å². The summed E-state index contributed by atoms with van der Waals surface area (Å²) < 4.78 is 19.7. The lowest BCUT2D eigenvalue weighted by Gasteiger charge is -2.15. The Morgan fingerprint density at radius 3 is 2.57 bits per heavy atom. The van der Waals surface area contributed by atoms with E-state index in [0.717, 1.165) is 70.9 Å². The highest BCUT2D eigenvalue weighted by Gasteiger charge is 2.30. The number of benzene rings is 2. The highest BCUT2D eigenvalue weighted by molar-refractivity contribution is 7.85. The monoisotopic (exact) mass is 494 g/mol. The molecule has 2 aliphatic rings. The molecule has 3 aromatic rings. The number of hydrogen-bond acceptors (Lipinski definition) is 4. The molecule has 2 amide bonds. The third-order valence-electron chi connectivity index (χ3n) is 6.73. The van der Waals surface area contributed by atoms with Gasteiger partial charge >= 0.3 is 6.03 Å². The van der Waals surface area contributed by atoms with Gasteiger partial charge in [-0.15, -0.1) is 0 Å². The third-order valence-corrected chi connectivity index (χ3v) is 8.26. The minimum Gasteiger partial charge on any atom is -0.493 e. The molecule has 2 unspecified atom stereocenters. The van der Waals surface area contributed by atoms with Crippen LogP contribution in [-0.4, -0.2) is 38.1 Å². The molecule has 2 heterocycles. The summed E-state index contributed by atoms with van der Waals surface area (Å²) in [6.45, 7) is 6.98. The fourth-order valence-electron chi connectivity index (χ4n) is 4.52. The average molecular weight is 495 g/mol. The molecule has 1 saturated carbocycles. The van der Waals surface area contributed by atoms with Crippen LogP contribution >= 0.6 is 0 Å². The molecule has 2 atom stereocenters. The Kier molecular flexibility index (Phi) is 6.57. The maximum atomic E-state index is 13.0. The summed E-state index contributed by atoms with van der Waals surface area (Å²) in [5.41, 5.74) is 1.61. The lowest BCUT2D eigenvalue weighted by atomic mass is 9.92. The molecule has 7 nitrogen and oxygen atoms in total. The molecule has 8 heteroatoms. The number of anilines is 2. The number of ether oxygens (including phenoxy) is 1. The van der Waals surface area contributed by atoms with Crippen molar-refractivity contribution in [3.8, 4) is 5.75 Å². The Hall–Kier alpha value is -2.87. The van der Waals surface area contributed by atoms with E-state index in [1.807, 2.05) is 47.1 Å². The van der Waals surface area contributed by atoms with E-state index >= 15 is 0 Å². The minimum atomic E-state index is -0.658. The molecule has 1 saturated heterocycles. The van der Waals surface area contributed by atoms with Crippen LogP contribution in [-0.2, 0) is 16.2 Å². The topological polar surface area (TPSA) is 85.3 Å². The van der Waals surface area contributed by atoms with Gasteiger partial charge < -0.3 is 10.1 Å². The van der Waals surface area contributed by atoms with Crippen LogP contribution in [0.2, 0.25) is 0 Å². The van der Waals surface area contributed by atoms with Crippen LogP contribution in [0.5, 0.6) is 5.75 Å². The van der Waals surface area contributed by atoms with Crippen LogP contribution in [0.25, 0.3) is 10.8 Å². The number of fused-ring (bicyclic) bond motifs is 1. The Labute approximate surface area is 209 Å².